The summed E-state index contributed by atoms with van der Waals surface area (Å²) in [7, 11) is 3.93. The molecule has 0 radical (unpaired) electrons. The lowest BCUT2D eigenvalue weighted by molar-refractivity contribution is 0.242. The molecule has 0 fully saturated rings. The van der Waals surface area contributed by atoms with Gasteiger partial charge in [-0.1, -0.05) is 6.08 Å². The summed E-state index contributed by atoms with van der Waals surface area (Å²) in [6.07, 6.45) is 3.37. The highest BCUT2D eigenvalue weighted by Crippen LogP contribution is 1.71. The normalized spacial score (nSPS) is 10.7. The molecule has 0 aromatic carbocycles. The lowest BCUT2D eigenvalue weighted by Gasteiger charge is -2.09. The molecule has 12 heavy (non-hydrogen) atoms. The number of carbonyl (C=O) groups is 1. The fraction of sp³-hybridized carbons (Fsp3) is 0.625. The van der Waals surface area contributed by atoms with E-state index in [4.69, 9.17) is 0 Å². The fourth-order valence-electron chi connectivity index (χ4n) is 0.603. The van der Waals surface area contributed by atoms with Crippen LogP contribution in [0.1, 0.15) is 6.92 Å². The standard InChI is InChI=1S/C8H17N3O/c1-4-5-9-8(12)10-6-7-11(2)3/h4-5H,6-7H2,1-3H3,(H2,9,10,12)/b5-4+. The number of hydrogen-bond donors (Lipinski definition) is 2. The maximum absolute atomic E-state index is 10.9. The molecule has 2 N–H and O–H groups in total. The van der Waals surface area contributed by atoms with Crippen molar-refractivity contribution >= 4 is 6.03 Å². The van der Waals surface area contributed by atoms with Gasteiger partial charge in [-0.3, -0.25) is 0 Å². The van der Waals surface area contributed by atoms with Crippen molar-refractivity contribution in [3.63, 3.8) is 0 Å². The molecule has 0 bridgehead atoms. The van der Waals surface area contributed by atoms with Crippen molar-refractivity contribution in [1.82, 2.24) is 15.5 Å². The maximum atomic E-state index is 10.9. The smallest absolute Gasteiger partial charge is 0.318 e. The lowest BCUT2D eigenvalue weighted by Crippen LogP contribution is -2.36. The summed E-state index contributed by atoms with van der Waals surface area (Å²) in [5.74, 6) is 0. The number of urea groups is 1. The average molecular weight is 171 g/mol. The van der Waals surface area contributed by atoms with E-state index in [1.807, 2.05) is 25.9 Å². The van der Waals surface area contributed by atoms with Crippen LogP contribution in [0, 0.1) is 0 Å². The number of allylic oxidation sites excluding steroid dienone is 1. The molecule has 0 atom stereocenters. The Balaban J connectivity index is 3.32. The Morgan fingerprint density at radius 2 is 2.17 bits per heavy atom. The molecule has 0 aromatic rings. The van der Waals surface area contributed by atoms with Crippen LogP contribution in [0.2, 0.25) is 0 Å². The Hall–Kier alpha value is -1.03. The minimum absolute atomic E-state index is 0.157. The summed E-state index contributed by atoms with van der Waals surface area (Å²) in [5, 5.41) is 5.26. The third kappa shape index (κ3) is 7.08. The van der Waals surface area contributed by atoms with E-state index in [1.54, 1.807) is 12.3 Å². The highest BCUT2D eigenvalue weighted by molar-refractivity contribution is 5.74. The van der Waals surface area contributed by atoms with Gasteiger partial charge in [-0.15, -0.1) is 0 Å². The first-order valence-corrected chi connectivity index (χ1v) is 3.97. The number of nitrogens with one attached hydrogen (secondary N) is 2. The van der Waals surface area contributed by atoms with Gasteiger partial charge in [-0.05, 0) is 21.0 Å². The molecule has 4 nitrogen and oxygen atoms in total. The predicted molar refractivity (Wildman–Crippen MR) is 49.9 cm³/mol. The number of carbonyl (C=O) groups excluding carboxylic acids is 1. The van der Waals surface area contributed by atoms with Crippen LogP contribution in [0.5, 0.6) is 0 Å². The zero-order valence-corrected chi connectivity index (χ0v) is 7.92. The van der Waals surface area contributed by atoms with E-state index < -0.39 is 0 Å². The van der Waals surface area contributed by atoms with Crippen LogP contribution in [-0.4, -0.2) is 38.1 Å². The van der Waals surface area contributed by atoms with E-state index in [-0.39, 0.29) is 6.03 Å². The van der Waals surface area contributed by atoms with E-state index >= 15 is 0 Å². The fourth-order valence-corrected chi connectivity index (χ4v) is 0.603. The van der Waals surface area contributed by atoms with E-state index in [0.717, 1.165) is 6.54 Å². The Kier molecular flexibility index (Phi) is 6.09. The van der Waals surface area contributed by atoms with Gasteiger partial charge in [0.2, 0.25) is 0 Å². The topological polar surface area (TPSA) is 44.4 Å². The van der Waals surface area contributed by atoms with Crippen LogP contribution in [0.15, 0.2) is 12.3 Å². The number of hydrogen-bond acceptors (Lipinski definition) is 2. The second kappa shape index (κ2) is 6.67. The molecule has 0 saturated heterocycles. The van der Waals surface area contributed by atoms with Gasteiger partial charge in [0.1, 0.15) is 0 Å². The van der Waals surface area contributed by atoms with Crippen LogP contribution in [0.4, 0.5) is 4.79 Å². The first-order valence-electron chi connectivity index (χ1n) is 3.97. The van der Waals surface area contributed by atoms with Gasteiger partial charge in [0.15, 0.2) is 0 Å². The largest absolute Gasteiger partial charge is 0.337 e. The molecule has 0 aliphatic rings. The van der Waals surface area contributed by atoms with Gasteiger partial charge < -0.3 is 15.5 Å². The summed E-state index contributed by atoms with van der Waals surface area (Å²) in [6.45, 7) is 3.36. The SMILES string of the molecule is C/C=C/NC(=O)NCCN(C)C. The van der Waals surface area contributed by atoms with E-state index in [9.17, 15) is 4.79 Å². The zero-order chi connectivity index (χ0) is 9.40. The summed E-state index contributed by atoms with van der Waals surface area (Å²) in [4.78, 5) is 12.9. The van der Waals surface area contributed by atoms with Crippen LogP contribution < -0.4 is 10.6 Å². The number of amides is 2. The number of rotatable bonds is 4. The molecule has 0 aliphatic heterocycles. The Morgan fingerprint density at radius 1 is 1.50 bits per heavy atom. The first-order chi connectivity index (χ1) is 5.66. The average Bonchev–Trinajstić information content (AvgIpc) is 2.00. The monoisotopic (exact) mass is 171 g/mol. The number of likely N-dealkylation sites (N-methyl/N-ethyl adjacent to an activating group) is 1. The molecule has 0 saturated carbocycles. The van der Waals surface area contributed by atoms with Crippen molar-refractivity contribution in [2.75, 3.05) is 27.2 Å². The molecular formula is C8H17N3O. The van der Waals surface area contributed by atoms with Gasteiger partial charge in [0.05, 0.1) is 0 Å². The summed E-state index contributed by atoms with van der Waals surface area (Å²) >= 11 is 0. The van der Waals surface area contributed by atoms with Crippen LogP contribution in [0.3, 0.4) is 0 Å². The quantitative estimate of drug-likeness (QED) is 0.642. The van der Waals surface area contributed by atoms with E-state index in [2.05, 4.69) is 10.6 Å². The molecular weight excluding hydrogens is 154 g/mol. The third-order valence-electron chi connectivity index (χ3n) is 1.23. The molecule has 4 heteroatoms. The van der Waals surface area contributed by atoms with Gasteiger partial charge in [-0.25, -0.2) is 4.79 Å². The predicted octanol–water partition coefficient (Wildman–Crippen LogP) is 0.381. The minimum Gasteiger partial charge on any atom is -0.337 e. The second-order valence-electron chi connectivity index (χ2n) is 2.70. The van der Waals surface area contributed by atoms with Crippen LogP contribution in [-0.2, 0) is 0 Å². The first kappa shape index (κ1) is 11.0. The Bertz CT molecular complexity index is 154. The van der Waals surface area contributed by atoms with E-state index in [0.29, 0.717) is 6.54 Å². The van der Waals surface area contributed by atoms with Crippen molar-refractivity contribution in [3.05, 3.63) is 12.3 Å². The summed E-state index contributed by atoms with van der Waals surface area (Å²) in [5.41, 5.74) is 0. The molecule has 0 spiro atoms. The molecule has 0 aliphatic carbocycles. The second-order valence-corrected chi connectivity index (χ2v) is 2.70. The molecule has 70 valence electrons. The van der Waals surface area contributed by atoms with Crippen molar-refractivity contribution in [2.45, 2.75) is 6.92 Å². The molecule has 0 heterocycles. The van der Waals surface area contributed by atoms with Crippen LogP contribution in [0.25, 0.3) is 0 Å². The Morgan fingerprint density at radius 3 is 2.67 bits per heavy atom. The van der Waals surface area contributed by atoms with Crippen molar-refractivity contribution in [2.24, 2.45) is 0 Å². The molecule has 0 rings (SSSR count). The molecule has 0 unspecified atom stereocenters. The van der Waals surface area contributed by atoms with Gasteiger partial charge in [0, 0.05) is 19.3 Å². The maximum Gasteiger partial charge on any atom is 0.318 e. The zero-order valence-electron chi connectivity index (χ0n) is 7.92. The minimum atomic E-state index is -0.157. The Labute approximate surface area is 73.6 Å². The van der Waals surface area contributed by atoms with Crippen molar-refractivity contribution in [3.8, 4) is 0 Å². The lowest BCUT2D eigenvalue weighted by atomic mass is 10.6. The summed E-state index contributed by atoms with van der Waals surface area (Å²) in [6, 6.07) is -0.157. The van der Waals surface area contributed by atoms with Crippen LogP contribution >= 0.6 is 0 Å². The highest BCUT2D eigenvalue weighted by atomic mass is 16.2. The third-order valence-corrected chi connectivity index (χ3v) is 1.23. The highest BCUT2D eigenvalue weighted by Gasteiger charge is 1.95. The molecule has 2 amide bonds. The van der Waals surface area contributed by atoms with Gasteiger partial charge in [-0.2, -0.15) is 0 Å². The van der Waals surface area contributed by atoms with Crippen molar-refractivity contribution < 1.29 is 4.79 Å². The van der Waals surface area contributed by atoms with Gasteiger partial charge >= 0.3 is 6.03 Å². The number of nitrogens with zero attached hydrogens (tertiary/aromatic N) is 1. The summed E-state index contributed by atoms with van der Waals surface area (Å²) < 4.78 is 0. The van der Waals surface area contributed by atoms with Crippen molar-refractivity contribution in [1.29, 1.82) is 0 Å². The van der Waals surface area contributed by atoms with Gasteiger partial charge in [0.25, 0.3) is 0 Å². The van der Waals surface area contributed by atoms with E-state index in [1.165, 1.54) is 0 Å². The molecule has 0 aromatic heterocycles.